The van der Waals surface area contributed by atoms with E-state index in [9.17, 15) is 4.79 Å². The van der Waals surface area contributed by atoms with E-state index in [-0.39, 0.29) is 6.03 Å². The van der Waals surface area contributed by atoms with Crippen LogP contribution in [0, 0.1) is 0 Å². The van der Waals surface area contributed by atoms with Crippen LogP contribution < -0.4 is 5.32 Å². The third kappa shape index (κ3) is 3.71. The average Bonchev–Trinajstić information content (AvgIpc) is 2.90. The van der Waals surface area contributed by atoms with Crippen LogP contribution in [0.3, 0.4) is 0 Å². The summed E-state index contributed by atoms with van der Waals surface area (Å²) in [6.45, 7) is 7.42. The van der Waals surface area contributed by atoms with Gasteiger partial charge in [0.2, 0.25) is 0 Å². The fourth-order valence-electron chi connectivity index (χ4n) is 2.16. The monoisotopic (exact) mass is 267 g/mol. The van der Waals surface area contributed by atoms with Crippen LogP contribution in [0.2, 0.25) is 0 Å². The summed E-state index contributed by atoms with van der Waals surface area (Å²) in [5.41, 5.74) is 0. The van der Waals surface area contributed by atoms with Crippen LogP contribution in [0.15, 0.2) is 17.5 Å². The summed E-state index contributed by atoms with van der Waals surface area (Å²) in [5.74, 6) is 0. The molecule has 0 saturated carbocycles. The highest BCUT2D eigenvalue weighted by atomic mass is 32.1. The van der Waals surface area contributed by atoms with Crippen molar-refractivity contribution in [2.45, 2.75) is 13.3 Å². The molecule has 1 aliphatic heterocycles. The smallest absolute Gasteiger partial charge is 0.317 e. The van der Waals surface area contributed by atoms with Gasteiger partial charge in [-0.1, -0.05) is 6.07 Å². The zero-order chi connectivity index (χ0) is 12.8. The molecule has 1 aliphatic rings. The van der Waals surface area contributed by atoms with Crippen molar-refractivity contribution in [2.24, 2.45) is 0 Å². The van der Waals surface area contributed by atoms with Gasteiger partial charge in [0.05, 0.1) is 0 Å². The van der Waals surface area contributed by atoms with Crippen molar-refractivity contribution in [3.8, 4) is 0 Å². The number of urea groups is 1. The lowest BCUT2D eigenvalue weighted by Crippen LogP contribution is -2.52. The van der Waals surface area contributed by atoms with Gasteiger partial charge in [-0.15, -0.1) is 11.3 Å². The molecule has 18 heavy (non-hydrogen) atoms. The Morgan fingerprint density at radius 2 is 2.17 bits per heavy atom. The maximum Gasteiger partial charge on any atom is 0.317 e. The van der Waals surface area contributed by atoms with Gasteiger partial charge in [0.15, 0.2) is 0 Å². The topological polar surface area (TPSA) is 35.6 Å². The highest BCUT2D eigenvalue weighted by Gasteiger charge is 2.20. The molecule has 0 aromatic carbocycles. The van der Waals surface area contributed by atoms with E-state index in [0.717, 1.165) is 39.1 Å². The summed E-state index contributed by atoms with van der Waals surface area (Å²) in [6, 6.07) is 4.37. The molecule has 0 bridgehead atoms. The van der Waals surface area contributed by atoms with Gasteiger partial charge < -0.3 is 10.2 Å². The lowest BCUT2D eigenvalue weighted by Gasteiger charge is -2.34. The van der Waals surface area contributed by atoms with Crippen molar-refractivity contribution in [3.05, 3.63) is 22.4 Å². The Bertz CT molecular complexity index is 358. The molecule has 100 valence electrons. The number of carbonyl (C=O) groups excluding carboxylic acids is 1. The predicted molar refractivity (Wildman–Crippen MR) is 75.1 cm³/mol. The summed E-state index contributed by atoms with van der Waals surface area (Å²) < 4.78 is 0. The van der Waals surface area contributed by atoms with Crippen LogP contribution in [0.1, 0.15) is 11.8 Å². The van der Waals surface area contributed by atoms with Crippen LogP contribution in [-0.4, -0.2) is 55.1 Å². The van der Waals surface area contributed by atoms with Gasteiger partial charge in [0, 0.05) is 44.1 Å². The molecule has 1 aromatic rings. The molecular formula is C13H21N3OS. The fourth-order valence-corrected chi connectivity index (χ4v) is 2.86. The number of carbonyl (C=O) groups is 1. The quantitative estimate of drug-likeness (QED) is 0.900. The molecule has 2 rings (SSSR count). The molecular weight excluding hydrogens is 246 g/mol. The zero-order valence-electron chi connectivity index (χ0n) is 10.9. The molecule has 0 aliphatic carbocycles. The number of nitrogens with one attached hydrogen (secondary N) is 1. The zero-order valence-corrected chi connectivity index (χ0v) is 11.7. The Labute approximate surface area is 113 Å². The van der Waals surface area contributed by atoms with Crippen molar-refractivity contribution in [2.75, 3.05) is 39.3 Å². The van der Waals surface area contributed by atoms with Crippen LogP contribution in [-0.2, 0) is 6.42 Å². The Hall–Kier alpha value is -1.07. The van der Waals surface area contributed by atoms with E-state index in [1.165, 1.54) is 4.88 Å². The Morgan fingerprint density at radius 1 is 1.39 bits per heavy atom. The van der Waals surface area contributed by atoms with Crippen LogP contribution >= 0.6 is 11.3 Å². The Morgan fingerprint density at radius 3 is 2.78 bits per heavy atom. The predicted octanol–water partition coefficient (Wildman–Crippen LogP) is 1.64. The second-order valence-corrected chi connectivity index (χ2v) is 5.53. The number of nitrogens with zero attached hydrogens (tertiary/aromatic N) is 2. The number of piperazine rings is 1. The maximum absolute atomic E-state index is 11.6. The van der Waals surface area contributed by atoms with Gasteiger partial charge >= 0.3 is 6.03 Å². The average molecular weight is 267 g/mol. The number of hydrogen-bond acceptors (Lipinski definition) is 3. The highest BCUT2D eigenvalue weighted by Crippen LogP contribution is 2.10. The van der Waals surface area contributed by atoms with Crippen LogP contribution in [0.5, 0.6) is 0 Å². The lowest BCUT2D eigenvalue weighted by molar-refractivity contribution is 0.140. The minimum absolute atomic E-state index is 0.0791. The third-order valence-corrected chi connectivity index (χ3v) is 4.18. The summed E-state index contributed by atoms with van der Waals surface area (Å²) in [7, 11) is 0. The molecule has 0 radical (unpaired) electrons. The maximum atomic E-state index is 11.6. The summed E-state index contributed by atoms with van der Waals surface area (Å²) in [6.07, 6.45) is 1.12. The van der Waals surface area contributed by atoms with Crippen LogP contribution in [0.4, 0.5) is 4.79 Å². The lowest BCUT2D eigenvalue weighted by atomic mass is 10.2. The van der Waals surface area contributed by atoms with Crippen molar-refractivity contribution in [1.82, 2.24) is 15.1 Å². The molecule has 1 aromatic heterocycles. The first-order valence-electron chi connectivity index (χ1n) is 6.57. The van der Waals surface area contributed by atoms with E-state index >= 15 is 0 Å². The minimum Gasteiger partial charge on any atom is -0.338 e. The number of amides is 2. The van der Waals surface area contributed by atoms with Gasteiger partial charge in [-0.05, 0) is 24.8 Å². The molecule has 2 amide bonds. The third-order valence-electron chi connectivity index (χ3n) is 3.24. The van der Waals surface area contributed by atoms with Gasteiger partial charge in [0.1, 0.15) is 0 Å². The van der Waals surface area contributed by atoms with E-state index < -0.39 is 0 Å². The van der Waals surface area contributed by atoms with E-state index in [0.29, 0.717) is 6.54 Å². The standard InChI is InChI=1S/C13H21N3OS/c1-2-14-13(17)16-9-7-15(8-10-16)6-5-12-4-3-11-18-12/h3-4,11H,2,5-10H2,1H3,(H,14,17). The van der Waals surface area contributed by atoms with Crippen molar-refractivity contribution in [1.29, 1.82) is 0 Å². The van der Waals surface area contributed by atoms with E-state index in [2.05, 4.69) is 27.7 Å². The molecule has 2 heterocycles. The Balaban J connectivity index is 1.68. The first kappa shape index (κ1) is 13.4. The summed E-state index contributed by atoms with van der Waals surface area (Å²) in [4.78, 5) is 17.4. The molecule has 0 unspecified atom stereocenters. The number of thiophene rings is 1. The Kier molecular flexibility index (Phi) is 5.01. The molecule has 1 N–H and O–H groups in total. The minimum atomic E-state index is 0.0791. The van der Waals surface area contributed by atoms with Gasteiger partial charge in [-0.2, -0.15) is 0 Å². The van der Waals surface area contributed by atoms with E-state index in [4.69, 9.17) is 0 Å². The van der Waals surface area contributed by atoms with E-state index in [1.54, 1.807) is 0 Å². The number of rotatable bonds is 4. The fraction of sp³-hybridized carbons (Fsp3) is 0.615. The van der Waals surface area contributed by atoms with Crippen LogP contribution in [0.25, 0.3) is 0 Å². The molecule has 4 nitrogen and oxygen atoms in total. The molecule has 5 heteroatoms. The highest BCUT2D eigenvalue weighted by molar-refractivity contribution is 7.09. The second kappa shape index (κ2) is 6.75. The molecule has 0 spiro atoms. The SMILES string of the molecule is CCNC(=O)N1CCN(CCc2cccs2)CC1. The largest absolute Gasteiger partial charge is 0.338 e. The molecule has 1 fully saturated rings. The van der Waals surface area contributed by atoms with Gasteiger partial charge in [-0.25, -0.2) is 4.79 Å². The summed E-state index contributed by atoms with van der Waals surface area (Å²) in [5, 5.41) is 4.98. The van der Waals surface area contributed by atoms with Gasteiger partial charge in [0.25, 0.3) is 0 Å². The molecule has 0 atom stereocenters. The first-order valence-corrected chi connectivity index (χ1v) is 7.45. The summed E-state index contributed by atoms with van der Waals surface area (Å²) >= 11 is 1.82. The molecule has 1 saturated heterocycles. The van der Waals surface area contributed by atoms with Crippen molar-refractivity contribution < 1.29 is 4.79 Å². The van der Waals surface area contributed by atoms with Gasteiger partial charge in [-0.3, -0.25) is 4.90 Å². The van der Waals surface area contributed by atoms with E-state index in [1.807, 2.05) is 23.2 Å². The first-order chi connectivity index (χ1) is 8.79. The normalized spacial score (nSPS) is 16.8. The second-order valence-electron chi connectivity index (χ2n) is 4.49. The van der Waals surface area contributed by atoms with Crippen molar-refractivity contribution >= 4 is 17.4 Å². The number of hydrogen-bond donors (Lipinski definition) is 1. The van der Waals surface area contributed by atoms with Crippen molar-refractivity contribution in [3.63, 3.8) is 0 Å².